The predicted octanol–water partition coefficient (Wildman–Crippen LogP) is 2.69. The van der Waals surface area contributed by atoms with Crippen LogP contribution < -0.4 is 0 Å². The van der Waals surface area contributed by atoms with Crippen molar-refractivity contribution in [2.24, 2.45) is 0 Å². The highest BCUT2D eigenvalue weighted by Crippen LogP contribution is 2.05. The van der Waals surface area contributed by atoms with Gasteiger partial charge in [0.2, 0.25) is 0 Å². The zero-order chi connectivity index (χ0) is 7.82. The van der Waals surface area contributed by atoms with Crippen LogP contribution in [0.2, 0.25) is 0 Å². The number of aliphatic hydroxyl groups is 2. The van der Waals surface area contributed by atoms with Crippen molar-refractivity contribution in [2.45, 2.75) is 25.7 Å². The van der Waals surface area contributed by atoms with Crippen molar-refractivity contribution in [3.05, 3.63) is 24.7 Å². The lowest BCUT2D eigenvalue weighted by atomic mass is 10.2. The topological polar surface area (TPSA) is 40.5 Å². The Morgan fingerprint density at radius 3 is 2.60 bits per heavy atom. The number of unbranched alkanes of at least 4 members (excludes halogenated alkanes) is 2. The number of rotatable bonds is 5. The highest BCUT2D eigenvalue weighted by Gasteiger charge is 1.91. The molecular weight excluding hydrogens is 128 g/mol. The SMILES string of the molecule is C=CCCCCC(O)=CO. The lowest BCUT2D eigenvalue weighted by molar-refractivity contribution is 0.339. The van der Waals surface area contributed by atoms with Crippen LogP contribution in [0.15, 0.2) is 24.7 Å². The van der Waals surface area contributed by atoms with Gasteiger partial charge >= 0.3 is 0 Å². The number of aliphatic hydroxyl groups excluding tert-OH is 2. The Hall–Kier alpha value is -0.920. The second-order valence-electron chi connectivity index (χ2n) is 2.15. The molecule has 0 amide bonds. The van der Waals surface area contributed by atoms with E-state index in [0.717, 1.165) is 25.5 Å². The van der Waals surface area contributed by atoms with E-state index in [4.69, 9.17) is 10.2 Å². The van der Waals surface area contributed by atoms with Crippen LogP contribution in [-0.2, 0) is 0 Å². The first-order chi connectivity index (χ1) is 4.81. The lowest BCUT2D eigenvalue weighted by Gasteiger charge is -1.95. The van der Waals surface area contributed by atoms with Gasteiger partial charge in [0, 0.05) is 6.42 Å². The Balaban J connectivity index is 3.11. The minimum atomic E-state index is 0.0593. The molecular formula is C8H14O2. The Morgan fingerprint density at radius 1 is 1.40 bits per heavy atom. The van der Waals surface area contributed by atoms with E-state index in [1.807, 2.05) is 6.08 Å². The smallest absolute Gasteiger partial charge is 0.126 e. The Kier molecular flexibility index (Phi) is 5.63. The van der Waals surface area contributed by atoms with Gasteiger partial charge in [-0.3, -0.25) is 0 Å². The minimum absolute atomic E-state index is 0.0593. The van der Waals surface area contributed by atoms with E-state index < -0.39 is 0 Å². The summed E-state index contributed by atoms with van der Waals surface area (Å²) in [6.07, 6.45) is 6.03. The van der Waals surface area contributed by atoms with Crippen LogP contribution in [0.4, 0.5) is 0 Å². The molecule has 0 aliphatic carbocycles. The van der Waals surface area contributed by atoms with Crippen LogP contribution in [0.5, 0.6) is 0 Å². The van der Waals surface area contributed by atoms with Crippen LogP contribution in [0.3, 0.4) is 0 Å². The van der Waals surface area contributed by atoms with Gasteiger partial charge in [-0.05, 0) is 19.3 Å². The molecule has 0 rings (SSSR count). The molecule has 0 bridgehead atoms. The molecule has 0 saturated carbocycles. The zero-order valence-electron chi connectivity index (χ0n) is 6.08. The molecule has 2 heteroatoms. The maximum atomic E-state index is 8.74. The summed E-state index contributed by atoms with van der Waals surface area (Å²) < 4.78 is 0. The molecule has 0 aromatic heterocycles. The molecule has 0 aromatic carbocycles. The summed E-state index contributed by atoms with van der Waals surface area (Å²) >= 11 is 0. The highest BCUT2D eigenvalue weighted by molar-refractivity contribution is 4.82. The van der Waals surface area contributed by atoms with Crippen molar-refractivity contribution in [3.8, 4) is 0 Å². The summed E-state index contributed by atoms with van der Waals surface area (Å²) in [4.78, 5) is 0. The Morgan fingerprint density at radius 2 is 2.10 bits per heavy atom. The summed E-state index contributed by atoms with van der Waals surface area (Å²) in [7, 11) is 0. The number of hydrogen-bond donors (Lipinski definition) is 2. The number of allylic oxidation sites excluding steroid dienone is 2. The molecule has 0 heterocycles. The molecule has 0 aliphatic heterocycles. The van der Waals surface area contributed by atoms with E-state index >= 15 is 0 Å². The second kappa shape index (κ2) is 6.20. The monoisotopic (exact) mass is 142 g/mol. The van der Waals surface area contributed by atoms with Gasteiger partial charge in [-0.25, -0.2) is 0 Å². The summed E-state index contributed by atoms with van der Waals surface area (Å²) in [6, 6.07) is 0. The summed E-state index contributed by atoms with van der Waals surface area (Å²) in [5.41, 5.74) is 0. The van der Waals surface area contributed by atoms with Gasteiger partial charge in [-0.15, -0.1) is 6.58 Å². The predicted molar refractivity (Wildman–Crippen MR) is 42.0 cm³/mol. The molecule has 0 spiro atoms. The van der Waals surface area contributed by atoms with Crippen molar-refractivity contribution < 1.29 is 10.2 Å². The molecule has 58 valence electrons. The first kappa shape index (κ1) is 9.08. The van der Waals surface area contributed by atoms with Gasteiger partial charge in [0.25, 0.3) is 0 Å². The largest absolute Gasteiger partial charge is 0.512 e. The van der Waals surface area contributed by atoms with Crippen LogP contribution in [0, 0.1) is 0 Å². The van der Waals surface area contributed by atoms with Crippen molar-refractivity contribution in [1.29, 1.82) is 0 Å². The summed E-state index contributed by atoms with van der Waals surface area (Å²) in [5, 5.41) is 17.0. The van der Waals surface area contributed by atoms with E-state index in [-0.39, 0.29) is 5.76 Å². The molecule has 0 atom stereocenters. The van der Waals surface area contributed by atoms with E-state index in [9.17, 15) is 0 Å². The average molecular weight is 142 g/mol. The Bertz CT molecular complexity index is 116. The molecule has 0 radical (unpaired) electrons. The normalized spacial score (nSPS) is 11.4. The third-order valence-corrected chi connectivity index (χ3v) is 1.24. The van der Waals surface area contributed by atoms with Crippen LogP contribution in [-0.4, -0.2) is 10.2 Å². The third kappa shape index (κ3) is 5.22. The Labute approximate surface area is 61.5 Å². The standard InChI is InChI=1S/C8H14O2/c1-2-3-4-5-6-8(10)7-9/h2,7,9-10H,1,3-6H2. The van der Waals surface area contributed by atoms with Crippen molar-refractivity contribution in [2.75, 3.05) is 0 Å². The summed E-state index contributed by atoms with van der Waals surface area (Å²) in [5.74, 6) is 0.0593. The fraction of sp³-hybridized carbons (Fsp3) is 0.500. The molecule has 10 heavy (non-hydrogen) atoms. The van der Waals surface area contributed by atoms with Gasteiger partial charge in [0.15, 0.2) is 0 Å². The van der Waals surface area contributed by atoms with Crippen LogP contribution >= 0.6 is 0 Å². The average Bonchev–Trinajstić information content (AvgIpc) is 1.98. The van der Waals surface area contributed by atoms with Gasteiger partial charge in [-0.2, -0.15) is 0 Å². The maximum Gasteiger partial charge on any atom is 0.126 e. The quantitative estimate of drug-likeness (QED) is 0.352. The van der Waals surface area contributed by atoms with E-state index in [1.54, 1.807) is 0 Å². The zero-order valence-corrected chi connectivity index (χ0v) is 6.08. The number of hydrogen-bond acceptors (Lipinski definition) is 2. The maximum absolute atomic E-state index is 8.74. The lowest BCUT2D eigenvalue weighted by Crippen LogP contribution is -1.81. The molecule has 0 aromatic rings. The minimum Gasteiger partial charge on any atom is -0.512 e. The van der Waals surface area contributed by atoms with Crippen LogP contribution in [0.25, 0.3) is 0 Å². The fourth-order valence-corrected chi connectivity index (χ4v) is 0.659. The molecule has 0 aliphatic rings. The fourth-order valence-electron chi connectivity index (χ4n) is 0.659. The first-order valence-electron chi connectivity index (χ1n) is 3.44. The molecule has 2 N–H and O–H groups in total. The highest BCUT2D eigenvalue weighted by atomic mass is 16.3. The second-order valence-corrected chi connectivity index (χ2v) is 2.15. The van der Waals surface area contributed by atoms with E-state index in [1.165, 1.54) is 0 Å². The van der Waals surface area contributed by atoms with Crippen LogP contribution in [0.1, 0.15) is 25.7 Å². The summed E-state index contributed by atoms with van der Waals surface area (Å²) in [6.45, 7) is 3.57. The van der Waals surface area contributed by atoms with Gasteiger partial charge in [-0.1, -0.05) is 6.08 Å². The first-order valence-corrected chi connectivity index (χ1v) is 3.44. The molecule has 0 saturated heterocycles. The van der Waals surface area contributed by atoms with E-state index in [0.29, 0.717) is 6.42 Å². The molecule has 0 fully saturated rings. The molecule has 0 unspecified atom stereocenters. The molecule has 2 nitrogen and oxygen atoms in total. The van der Waals surface area contributed by atoms with E-state index in [2.05, 4.69) is 6.58 Å². The van der Waals surface area contributed by atoms with Crippen molar-refractivity contribution >= 4 is 0 Å². The van der Waals surface area contributed by atoms with Crippen molar-refractivity contribution in [1.82, 2.24) is 0 Å². The van der Waals surface area contributed by atoms with Gasteiger partial charge in [0.05, 0.1) is 0 Å². The van der Waals surface area contributed by atoms with Gasteiger partial charge in [0.1, 0.15) is 12.0 Å². The third-order valence-electron chi connectivity index (χ3n) is 1.24. The van der Waals surface area contributed by atoms with Crippen molar-refractivity contribution in [3.63, 3.8) is 0 Å². The van der Waals surface area contributed by atoms with Gasteiger partial charge < -0.3 is 10.2 Å².